The molecule has 2 rings (SSSR count). The second-order valence-corrected chi connectivity index (χ2v) is 8.01. The van der Waals surface area contributed by atoms with Crippen molar-refractivity contribution in [2.24, 2.45) is 4.99 Å². The minimum Gasteiger partial charge on any atom is -1.00 e. The topological polar surface area (TPSA) is 21.6 Å². The minimum absolute atomic E-state index is 0. The van der Waals surface area contributed by atoms with Crippen LogP contribution in [0.5, 0.6) is 0 Å². The molecule has 1 aliphatic heterocycles. The molecule has 0 unspecified atom stereocenters. The summed E-state index contributed by atoms with van der Waals surface area (Å²) in [6, 6.07) is 0. The fourth-order valence-corrected chi connectivity index (χ4v) is 1.32. The quantitative estimate of drug-likeness (QED) is 0.444. The minimum atomic E-state index is -0.610. The summed E-state index contributed by atoms with van der Waals surface area (Å²) in [5.41, 5.74) is 4.83. The normalized spacial score (nSPS) is 15.5. The van der Waals surface area contributed by atoms with Crippen molar-refractivity contribution in [2.45, 2.75) is 26.9 Å². The Morgan fingerprint density at radius 2 is 1.65 bits per heavy atom. The van der Waals surface area contributed by atoms with E-state index in [4.69, 9.17) is 2.50 Å². The molecule has 0 radical (unpaired) electrons. The van der Waals surface area contributed by atoms with Gasteiger partial charge in [-0.2, -0.15) is 0 Å². The van der Waals surface area contributed by atoms with Crippen molar-refractivity contribution in [3.8, 4) is 0 Å². The third-order valence-electron chi connectivity index (χ3n) is 1.94. The van der Waals surface area contributed by atoms with Gasteiger partial charge in [0.25, 0.3) is 0 Å². The summed E-state index contributed by atoms with van der Waals surface area (Å²) in [5, 5.41) is 0. The van der Waals surface area contributed by atoms with Gasteiger partial charge in [0.15, 0.2) is 0 Å². The standard InChI is InChI=1S/C9H9N.C2H7OSi.2ClH.Zr/c1-6-3-8-5-7(2)10-9(8)4-6;1-4(2)3;;;/h3-5H,1-2H3;4H,1-2H3;2*1H;/q;-1;;;+3/p-2. The van der Waals surface area contributed by atoms with E-state index >= 15 is 0 Å². The van der Waals surface area contributed by atoms with Gasteiger partial charge < -0.3 is 24.8 Å². The Morgan fingerprint density at radius 1 is 1.12 bits per heavy atom. The average Bonchev–Trinajstić information content (AvgIpc) is 2.61. The van der Waals surface area contributed by atoms with Crippen LogP contribution in [0, 0.1) is 0 Å². The van der Waals surface area contributed by atoms with Gasteiger partial charge in [0.1, 0.15) is 0 Å². The van der Waals surface area contributed by atoms with Gasteiger partial charge in [-0.1, -0.05) is 0 Å². The molecular weight excluding hydrogens is 352 g/mol. The van der Waals surface area contributed by atoms with Crippen molar-refractivity contribution < 1.29 is 52.5 Å². The van der Waals surface area contributed by atoms with Crippen LogP contribution in [0.2, 0.25) is 13.1 Å². The summed E-state index contributed by atoms with van der Waals surface area (Å²) >= 11 is 1.23. The summed E-state index contributed by atoms with van der Waals surface area (Å²) in [6.45, 7) is 8.44. The van der Waals surface area contributed by atoms with Crippen LogP contribution in [0.3, 0.4) is 0 Å². The fourth-order valence-electron chi connectivity index (χ4n) is 1.32. The van der Waals surface area contributed by atoms with E-state index in [-0.39, 0.29) is 24.8 Å². The average molecular weight is 368 g/mol. The smallest absolute Gasteiger partial charge is 1.00 e. The Kier molecular flexibility index (Phi) is 11.1. The zero-order chi connectivity index (χ0) is 11.4. The summed E-state index contributed by atoms with van der Waals surface area (Å²) in [7, 11) is -0.610. The first-order valence-corrected chi connectivity index (χ1v) is 8.81. The van der Waals surface area contributed by atoms with E-state index in [1.54, 1.807) is 0 Å². The molecule has 0 saturated carbocycles. The second-order valence-electron chi connectivity index (χ2n) is 3.94. The monoisotopic (exact) mass is 366 g/mol. The molecule has 0 spiro atoms. The molecule has 17 heavy (non-hydrogen) atoms. The molecule has 2 aliphatic rings. The molecule has 93 valence electrons. The van der Waals surface area contributed by atoms with E-state index in [1.165, 1.54) is 36.3 Å². The maximum absolute atomic E-state index is 4.98. The first kappa shape index (κ1) is 19.9. The Morgan fingerprint density at radius 3 is 2.06 bits per heavy atom. The van der Waals surface area contributed by atoms with Gasteiger partial charge in [-0.25, -0.2) is 0 Å². The summed E-state index contributed by atoms with van der Waals surface area (Å²) in [5.74, 6) is 0. The number of rotatable bonds is 1. The third-order valence-corrected chi connectivity index (χ3v) is 5.89. The molecule has 0 amide bonds. The van der Waals surface area contributed by atoms with E-state index in [9.17, 15) is 0 Å². The van der Waals surface area contributed by atoms with Gasteiger partial charge in [-0.15, -0.1) is 0 Å². The van der Waals surface area contributed by atoms with Crippen molar-refractivity contribution in [3.63, 3.8) is 0 Å². The van der Waals surface area contributed by atoms with Crippen LogP contribution in [-0.4, -0.2) is 14.8 Å². The van der Waals surface area contributed by atoms with Crippen LogP contribution >= 0.6 is 0 Å². The summed E-state index contributed by atoms with van der Waals surface area (Å²) < 4.78 is 4.98. The number of fused-ring (bicyclic) bond motifs is 1. The van der Waals surface area contributed by atoms with Gasteiger partial charge >= 0.3 is 49.8 Å². The van der Waals surface area contributed by atoms with Gasteiger partial charge in [0, 0.05) is 11.3 Å². The number of allylic oxidation sites excluding steroid dienone is 4. The van der Waals surface area contributed by atoms with E-state index in [0.29, 0.717) is 0 Å². The largest absolute Gasteiger partial charge is 1.00 e. The van der Waals surface area contributed by atoms with Crippen LogP contribution in [0.15, 0.2) is 40.1 Å². The predicted octanol–water partition coefficient (Wildman–Crippen LogP) is -3.31. The number of aliphatic imine (C=N–C) groups is 1. The molecule has 0 saturated heterocycles. The number of nitrogens with zero attached hydrogens (tertiary/aromatic N) is 1. The van der Waals surface area contributed by atoms with Crippen LogP contribution in [0.25, 0.3) is 0 Å². The van der Waals surface area contributed by atoms with Crippen molar-refractivity contribution in [2.75, 3.05) is 0 Å². The first-order valence-electron chi connectivity index (χ1n) is 5.02. The molecule has 0 bridgehead atoms. The van der Waals surface area contributed by atoms with E-state index in [0.717, 1.165) is 11.4 Å². The van der Waals surface area contributed by atoms with E-state index in [1.807, 2.05) is 6.92 Å². The van der Waals surface area contributed by atoms with Gasteiger partial charge in [0.2, 0.25) is 0 Å². The molecule has 0 aromatic carbocycles. The van der Waals surface area contributed by atoms with Crippen LogP contribution in [-0.2, 0) is 27.7 Å². The zero-order valence-corrected chi connectivity index (χ0v) is 15.5. The summed E-state index contributed by atoms with van der Waals surface area (Å²) in [4.78, 5) is 4.33. The molecule has 1 heterocycles. The number of halogens is 2. The van der Waals surface area contributed by atoms with E-state index < -0.39 is 9.04 Å². The first-order chi connectivity index (χ1) is 7.02. The van der Waals surface area contributed by atoms with Crippen molar-refractivity contribution in [1.29, 1.82) is 0 Å². The Balaban J connectivity index is 0. The predicted molar refractivity (Wildman–Crippen MR) is 63.0 cm³/mol. The van der Waals surface area contributed by atoms with Crippen LogP contribution < -0.4 is 24.8 Å². The van der Waals surface area contributed by atoms with Crippen LogP contribution in [0.1, 0.15) is 13.8 Å². The number of hydrogen-bond donors (Lipinski definition) is 0. The molecule has 0 fully saturated rings. The van der Waals surface area contributed by atoms with Gasteiger partial charge in [0.05, 0.1) is 5.70 Å². The summed E-state index contributed by atoms with van der Waals surface area (Å²) in [6.07, 6.45) is 6.39. The van der Waals surface area contributed by atoms with E-state index in [2.05, 4.69) is 43.2 Å². The molecule has 0 N–H and O–H groups in total. The Hall–Kier alpha value is 0.530. The molecule has 6 heteroatoms. The molecular formula is C11H16Cl2NOSiZr. The fraction of sp³-hybridized carbons (Fsp3) is 0.364. The molecule has 0 atom stereocenters. The van der Waals surface area contributed by atoms with Gasteiger partial charge in [-0.05, 0) is 37.6 Å². The Labute approximate surface area is 133 Å². The Bertz CT molecular complexity index is 344. The van der Waals surface area contributed by atoms with Crippen LogP contribution in [0.4, 0.5) is 0 Å². The molecule has 1 aliphatic carbocycles. The number of hydrogen-bond acceptors (Lipinski definition) is 2. The zero-order valence-electron chi connectivity index (χ0n) is 10.4. The molecule has 0 aromatic heterocycles. The van der Waals surface area contributed by atoms with Crippen molar-refractivity contribution in [1.82, 2.24) is 0 Å². The third kappa shape index (κ3) is 6.88. The van der Waals surface area contributed by atoms with Crippen molar-refractivity contribution in [3.05, 3.63) is 35.1 Å². The van der Waals surface area contributed by atoms with Gasteiger partial charge in [-0.3, -0.25) is 4.99 Å². The maximum atomic E-state index is 4.98. The molecule has 0 aromatic rings. The molecule has 2 nitrogen and oxygen atoms in total. The second kappa shape index (κ2) is 9.46. The SMILES string of the molecule is CC1=CC2=CC(C)=NC2=C1.C[SiH](C)[O][Zr+2].[Cl-].[Cl-]. The van der Waals surface area contributed by atoms with Crippen molar-refractivity contribution >= 4 is 14.8 Å². The maximum Gasteiger partial charge on any atom is -1.00 e.